The molecule has 0 spiro atoms. The summed E-state index contributed by atoms with van der Waals surface area (Å²) in [6, 6.07) is 14.9. The second-order valence-electron chi connectivity index (χ2n) is 8.42. The molecule has 1 saturated heterocycles. The molecule has 3 aromatic rings. The fraction of sp³-hybridized carbons (Fsp3) is 0.385. The molecule has 1 fully saturated rings. The molecule has 1 N–H and O–H groups in total. The van der Waals surface area contributed by atoms with E-state index in [0.717, 1.165) is 43.3 Å². The summed E-state index contributed by atoms with van der Waals surface area (Å²) in [4.78, 5) is 22.6. The van der Waals surface area contributed by atoms with Crippen molar-refractivity contribution < 1.29 is 14.6 Å². The minimum absolute atomic E-state index is 0.0177. The number of rotatable bonds is 8. The second kappa shape index (κ2) is 10.7. The van der Waals surface area contributed by atoms with Crippen molar-refractivity contribution in [3.8, 4) is 11.5 Å². The zero-order valence-corrected chi connectivity index (χ0v) is 20.0. The molecule has 4 rings (SSSR count). The van der Waals surface area contributed by atoms with Gasteiger partial charge in [0.05, 0.1) is 25.3 Å². The van der Waals surface area contributed by atoms with Crippen LogP contribution >= 0.6 is 0 Å². The SMILES string of the molecule is COCCn1c(C)cc(O)c([C@H](c2ccc(OC)cc2)N2CCN(c3ccccn3)CC2)c1=O. The third kappa shape index (κ3) is 4.93. The number of piperazine rings is 1. The van der Waals surface area contributed by atoms with Crippen molar-refractivity contribution in [1.29, 1.82) is 0 Å². The van der Waals surface area contributed by atoms with Crippen LogP contribution in [0.15, 0.2) is 59.5 Å². The maximum atomic E-state index is 13.7. The summed E-state index contributed by atoms with van der Waals surface area (Å²) in [6.07, 6.45) is 1.80. The maximum absolute atomic E-state index is 13.7. The molecule has 0 radical (unpaired) electrons. The van der Waals surface area contributed by atoms with Crippen molar-refractivity contribution in [2.24, 2.45) is 0 Å². The van der Waals surface area contributed by atoms with Crippen LogP contribution in [-0.4, -0.2) is 66.6 Å². The van der Waals surface area contributed by atoms with E-state index in [-0.39, 0.29) is 11.3 Å². The van der Waals surface area contributed by atoms with Crippen LogP contribution in [0.2, 0.25) is 0 Å². The Hall–Kier alpha value is -3.36. The van der Waals surface area contributed by atoms with E-state index in [1.54, 1.807) is 31.0 Å². The minimum atomic E-state index is -0.390. The minimum Gasteiger partial charge on any atom is -0.507 e. The highest BCUT2D eigenvalue weighted by Gasteiger charge is 2.31. The zero-order chi connectivity index (χ0) is 24.1. The Bertz CT molecular complexity index is 1140. The first-order valence-electron chi connectivity index (χ1n) is 11.5. The fourth-order valence-electron chi connectivity index (χ4n) is 4.58. The van der Waals surface area contributed by atoms with Crippen LogP contribution in [-0.2, 0) is 11.3 Å². The van der Waals surface area contributed by atoms with Crippen molar-refractivity contribution in [2.45, 2.75) is 19.5 Å². The number of aryl methyl sites for hydroxylation is 1. The Morgan fingerprint density at radius 3 is 2.41 bits per heavy atom. The topological polar surface area (TPSA) is 80.1 Å². The smallest absolute Gasteiger partial charge is 0.259 e. The van der Waals surface area contributed by atoms with Gasteiger partial charge < -0.3 is 24.0 Å². The van der Waals surface area contributed by atoms with Crippen LogP contribution in [0.25, 0.3) is 0 Å². The van der Waals surface area contributed by atoms with Crippen LogP contribution in [0.1, 0.15) is 22.9 Å². The van der Waals surface area contributed by atoms with Crippen LogP contribution in [0.4, 0.5) is 5.82 Å². The zero-order valence-electron chi connectivity index (χ0n) is 20.0. The van der Waals surface area contributed by atoms with E-state index < -0.39 is 6.04 Å². The van der Waals surface area contributed by atoms with Crippen LogP contribution in [0.5, 0.6) is 11.5 Å². The quantitative estimate of drug-likeness (QED) is 0.549. The fourth-order valence-corrected chi connectivity index (χ4v) is 4.58. The van der Waals surface area contributed by atoms with Crippen LogP contribution < -0.4 is 15.2 Å². The number of hydrogen-bond donors (Lipinski definition) is 1. The Balaban J connectivity index is 1.72. The Morgan fingerprint density at radius 2 is 1.79 bits per heavy atom. The molecule has 34 heavy (non-hydrogen) atoms. The molecule has 180 valence electrons. The van der Waals surface area contributed by atoms with E-state index in [1.807, 2.05) is 49.4 Å². The Morgan fingerprint density at radius 1 is 1.06 bits per heavy atom. The lowest BCUT2D eigenvalue weighted by atomic mass is 9.95. The lowest BCUT2D eigenvalue weighted by Gasteiger charge is -2.40. The normalized spacial score (nSPS) is 15.3. The predicted octanol–water partition coefficient (Wildman–Crippen LogP) is 2.82. The monoisotopic (exact) mass is 464 g/mol. The number of nitrogens with zero attached hydrogens (tertiary/aromatic N) is 4. The predicted molar refractivity (Wildman–Crippen MR) is 132 cm³/mol. The average molecular weight is 465 g/mol. The molecule has 3 heterocycles. The number of benzene rings is 1. The first-order chi connectivity index (χ1) is 16.5. The van der Waals surface area contributed by atoms with Gasteiger partial charge in [-0.15, -0.1) is 0 Å². The maximum Gasteiger partial charge on any atom is 0.259 e. The number of methoxy groups -OCH3 is 2. The molecule has 0 saturated carbocycles. The summed E-state index contributed by atoms with van der Waals surface area (Å²) in [6.45, 7) is 5.66. The Labute approximate surface area is 200 Å². The number of aromatic hydroxyl groups is 1. The van der Waals surface area contributed by atoms with Crippen molar-refractivity contribution in [2.75, 3.05) is 51.9 Å². The average Bonchev–Trinajstić information content (AvgIpc) is 2.87. The Kier molecular flexibility index (Phi) is 7.49. The van der Waals surface area contributed by atoms with Gasteiger partial charge in [0.15, 0.2) is 0 Å². The third-order valence-corrected chi connectivity index (χ3v) is 6.40. The third-order valence-electron chi connectivity index (χ3n) is 6.40. The van der Waals surface area contributed by atoms with Crippen molar-refractivity contribution in [3.05, 3.63) is 81.9 Å². The summed E-state index contributed by atoms with van der Waals surface area (Å²) in [5, 5.41) is 11.0. The van der Waals surface area contributed by atoms with E-state index >= 15 is 0 Å². The molecule has 0 unspecified atom stereocenters. The molecule has 0 amide bonds. The number of aromatic nitrogens is 2. The van der Waals surface area contributed by atoms with Gasteiger partial charge in [-0.1, -0.05) is 18.2 Å². The van der Waals surface area contributed by atoms with Gasteiger partial charge in [0, 0.05) is 51.7 Å². The highest BCUT2D eigenvalue weighted by Crippen LogP contribution is 2.34. The van der Waals surface area contributed by atoms with E-state index in [9.17, 15) is 9.90 Å². The van der Waals surface area contributed by atoms with E-state index in [0.29, 0.717) is 24.4 Å². The molecule has 2 aromatic heterocycles. The van der Waals surface area contributed by atoms with E-state index in [1.165, 1.54) is 0 Å². The van der Waals surface area contributed by atoms with Gasteiger partial charge >= 0.3 is 0 Å². The lowest BCUT2D eigenvalue weighted by molar-refractivity contribution is 0.183. The largest absolute Gasteiger partial charge is 0.507 e. The molecule has 1 aliphatic rings. The number of anilines is 1. The molecule has 8 nitrogen and oxygen atoms in total. The van der Waals surface area contributed by atoms with Crippen LogP contribution in [0.3, 0.4) is 0 Å². The van der Waals surface area contributed by atoms with Gasteiger partial charge in [-0.3, -0.25) is 9.69 Å². The summed E-state index contributed by atoms with van der Waals surface area (Å²) < 4.78 is 12.2. The van der Waals surface area contributed by atoms with Gasteiger partial charge in [0.1, 0.15) is 17.3 Å². The number of ether oxygens (including phenoxy) is 2. The van der Waals surface area contributed by atoms with Crippen molar-refractivity contribution in [1.82, 2.24) is 14.5 Å². The van der Waals surface area contributed by atoms with Gasteiger partial charge in [0.25, 0.3) is 5.56 Å². The highest BCUT2D eigenvalue weighted by molar-refractivity contribution is 5.43. The summed E-state index contributed by atoms with van der Waals surface area (Å²) >= 11 is 0. The van der Waals surface area contributed by atoms with Gasteiger partial charge in [-0.2, -0.15) is 0 Å². The van der Waals surface area contributed by atoms with Crippen molar-refractivity contribution >= 4 is 5.82 Å². The molecule has 0 aliphatic carbocycles. The summed E-state index contributed by atoms with van der Waals surface area (Å²) in [5.74, 6) is 1.71. The molecule has 8 heteroatoms. The molecule has 1 aromatic carbocycles. The first-order valence-corrected chi connectivity index (χ1v) is 11.5. The van der Waals surface area contributed by atoms with E-state index in [2.05, 4.69) is 14.8 Å². The van der Waals surface area contributed by atoms with E-state index in [4.69, 9.17) is 9.47 Å². The summed E-state index contributed by atoms with van der Waals surface area (Å²) in [5.41, 5.74) is 1.83. The first kappa shape index (κ1) is 23.8. The number of pyridine rings is 2. The second-order valence-corrected chi connectivity index (χ2v) is 8.42. The molecule has 1 atom stereocenters. The molecular formula is C26H32N4O4. The number of hydrogen-bond acceptors (Lipinski definition) is 7. The van der Waals surface area contributed by atoms with Gasteiger partial charge in [-0.25, -0.2) is 4.98 Å². The molecule has 0 bridgehead atoms. The standard InChI is InChI=1S/C26H32N4O4/c1-19-18-22(31)24(26(32)30(19)16-17-33-2)25(20-7-9-21(34-3)10-8-20)29-14-12-28(13-15-29)23-6-4-5-11-27-23/h4-11,18,25,31H,12-17H2,1-3H3/t25-/m0/s1. The molecular weight excluding hydrogens is 432 g/mol. The highest BCUT2D eigenvalue weighted by atomic mass is 16.5. The van der Waals surface area contributed by atoms with Gasteiger partial charge in [0.2, 0.25) is 0 Å². The van der Waals surface area contributed by atoms with Crippen LogP contribution in [0, 0.1) is 6.92 Å². The van der Waals surface area contributed by atoms with Gasteiger partial charge in [-0.05, 0) is 42.8 Å². The lowest BCUT2D eigenvalue weighted by Crippen LogP contribution is -2.49. The molecule has 1 aliphatic heterocycles. The van der Waals surface area contributed by atoms with Crippen molar-refractivity contribution in [3.63, 3.8) is 0 Å². The summed E-state index contributed by atoms with van der Waals surface area (Å²) in [7, 11) is 3.24.